The monoisotopic (exact) mass is 473 g/mol. The number of rotatable bonds is 7. The number of carbonyl (C=O) groups is 1. The number of hydrogen-bond acceptors (Lipinski definition) is 5. The van der Waals surface area contributed by atoms with Gasteiger partial charge in [0, 0.05) is 30.2 Å². The maximum absolute atomic E-state index is 12.7. The smallest absolute Gasteiger partial charge is 0.234 e. The van der Waals surface area contributed by atoms with E-state index in [1.807, 2.05) is 16.7 Å². The fourth-order valence-electron chi connectivity index (χ4n) is 7.09. The number of nitrogens with zero attached hydrogens (tertiary/aromatic N) is 4. The van der Waals surface area contributed by atoms with Gasteiger partial charge < -0.3 is 9.88 Å². The summed E-state index contributed by atoms with van der Waals surface area (Å²) >= 11 is 1.42. The van der Waals surface area contributed by atoms with Crippen LogP contribution >= 0.6 is 11.8 Å². The first kappa shape index (κ1) is 21.8. The average molecular weight is 474 g/mol. The minimum atomic E-state index is -0.0244. The zero-order valence-corrected chi connectivity index (χ0v) is 20.4. The molecule has 1 aromatic carbocycles. The second-order valence-corrected chi connectivity index (χ2v) is 11.3. The molecule has 6 nitrogen and oxygen atoms in total. The molecule has 0 saturated heterocycles. The topological polar surface area (TPSA) is 72.7 Å². The molecule has 0 aliphatic heterocycles. The average Bonchev–Trinajstić information content (AvgIpc) is 3.26. The molecule has 1 amide bonds. The highest BCUT2D eigenvalue weighted by molar-refractivity contribution is 7.99. The van der Waals surface area contributed by atoms with E-state index in [0.717, 1.165) is 46.5 Å². The van der Waals surface area contributed by atoms with Gasteiger partial charge in [0.25, 0.3) is 0 Å². The molecule has 0 atom stereocenters. The highest BCUT2D eigenvalue weighted by Crippen LogP contribution is 2.60. The minimum absolute atomic E-state index is 0.0244. The number of benzene rings is 1. The third-order valence-corrected chi connectivity index (χ3v) is 9.09. The Morgan fingerprint density at radius 2 is 1.65 bits per heavy atom. The summed E-state index contributed by atoms with van der Waals surface area (Å²) in [6.07, 6.45) is 12.0. The zero-order chi connectivity index (χ0) is 23.1. The lowest BCUT2D eigenvalue weighted by molar-refractivity contribution is -0.113. The first-order valence-corrected chi connectivity index (χ1v) is 13.5. The van der Waals surface area contributed by atoms with E-state index in [9.17, 15) is 4.79 Å². The molecule has 4 fully saturated rings. The molecule has 0 radical (unpaired) electrons. The molecular formula is C27H31N5OS. The van der Waals surface area contributed by atoms with Crippen molar-refractivity contribution in [2.24, 2.45) is 17.8 Å². The molecule has 4 aliphatic rings. The van der Waals surface area contributed by atoms with E-state index in [2.05, 4.69) is 51.7 Å². The van der Waals surface area contributed by atoms with E-state index in [4.69, 9.17) is 0 Å². The molecule has 176 valence electrons. The van der Waals surface area contributed by atoms with Gasteiger partial charge in [-0.2, -0.15) is 0 Å². The van der Waals surface area contributed by atoms with Crippen LogP contribution in [0.15, 0.2) is 53.9 Å². The molecule has 0 unspecified atom stereocenters. The fourth-order valence-corrected chi connectivity index (χ4v) is 7.90. The normalized spacial score (nSPS) is 27.1. The van der Waals surface area contributed by atoms with Crippen LogP contribution in [0.1, 0.15) is 51.0 Å². The molecule has 4 saturated carbocycles. The van der Waals surface area contributed by atoms with Crippen molar-refractivity contribution in [3.63, 3.8) is 0 Å². The summed E-state index contributed by atoms with van der Waals surface area (Å²) in [5.74, 6) is 3.88. The molecule has 2 heterocycles. The summed E-state index contributed by atoms with van der Waals surface area (Å²) in [6.45, 7) is 2.80. The van der Waals surface area contributed by atoms with E-state index in [0.29, 0.717) is 11.2 Å². The van der Waals surface area contributed by atoms with Gasteiger partial charge in [0.1, 0.15) is 0 Å². The Balaban J connectivity index is 1.09. The van der Waals surface area contributed by atoms with Gasteiger partial charge >= 0.3 is 0 Å². The van der Waals surface area contributed by atoms with Gasteiger partial charge in [-0.05, 0) is 98.4 Å². The van der Waals surface area contributed by atoms with Gasteiger partial charge in [-0.15, -0.1) is 10.2 Å². The summed E-state index contributed by atoms with van der Waals surface area (Å²) in [6, 6.07) is 12.6. The van der Waals surface area contributed by atoms with Crippen LogP contribution in [0.3, 0.4) is 0 Å². The van der Waals surface area contributed by atoms with Crippen molar-refractivity contribution in [2.75, 3.05) is 11.1 Å². The number of carbonyl (C=O) groups excluding carboxylic acids is 1. The van der Waals surface area contributed by atoms with Crippen LogP contribution in [0.2, 0.25) is 0 Å². The standard InChI is InChI=1S/C27H31N5OS/c1-2-32-25(21-7-9-28-10-8-21)30-31-26(32)34-17-24(33)29-23-5-3-22(4-6-23)27-14-18-11-19(15-27)13-20(12-18)16-27/h3-10,18-20H,2,11-17H2,1H3,(H,29,33). The second-order valence-electron chi connectivity index (χ2n) is 10.4. The fraction of sp³-hybridized carbons (Fsp3) is 0.481. The summed E-state index contributed by atoms with van der Waals surface area (Å²) in [5, 5.41) is 12.5. The van der Waals surface area contributed by atoms with E-state index >= 15 is 0 Å². The Bertz CT molecular complexity index is 1140. The zero-order valence-electron chi connectivity index (χ0n) is 19.6. The van der Waals surface area contributed by atoms with Gasteiger partial charge in [-0.3, -0.25) is 9.78 Å². The lowest BCUT2D eigenvalue weighted by Gasteiger charge is -2.57. The molecule has 1 N–H and O–H groups in total. The Morgan fingerprint density at radius 3 is 2.26 bits per heavy atom. The summed E-state index contributed by atoms with van der Waals surface area (Å²) in [7, 11) is 0. The van der Waals surface area contributed by atoms with Crippen LogP contribution in [-0.4, -0.2) is 31.4 Å². The molecular weight excluding hydrogens is 442 g/mol. The molecule has 2 aromatic heterocycles. The first-order valence-electron chi connectivity index (χ1n) is 12.5. The predicted octanol–water partition coefficient (Wildman–Crippen LogP) is 5.56. The lowest BCUT2D eigenvalue weighted by Crippen LogP contribution is -2.48. The van der Waals surface area contributed by atoms with Gasteiger partial charge in [-0.25, -0.2) is 0 Å². The van der Waals surface area contributed by atoms with Gasteiger partial charge in [0.15, 0.2) is 11.0 Å². The molecule has 3 aromatic rings. The maximum Gasteiger partial charge on any atom is 0.234 e. The maximum atomic E-state index is 12.7. The lowest BCUT2D eigenvalue weighted by atomic mass is 9.48. The largest absolute Gasteiger partial charge is 0.325 e. The van der Waals surface area contributed by atoms with Gasteiger partial charge in [-0.1, -0.05) is 23.9 Å². The van der Waals surface area contributed by atoms with Crippen LogP contribution in [0, 0.1) is 17.8 Å². The van der Waals surface area contributed by atoms with E-state index < -0.39 is 0 Å². The molecule has 7 heteroatoms. The number of pyridine rings is 1. The minimum Gasteiger partial charge on any atom is -0.325 e. The van der Waals surface area contributed by atoms with Crippen molar-refractivity contribution >= 4 is 23.4 Å². The van der Waals surface area contributed by atoms with Crippen LogP contribution < -0.4 is 5.32 Å². The highest BCUT2D eigenvalue weighted by atomic mass is 32.2. The number of amides is 1. The Kier molecular flexibility index (Phi) is 5.68. The molecule has 7 rings (SSSR count). The summed E-state index contributed by atoms with van der Waals surface area (Å²) in [4.78, 5) is 16.7. The van der Waals surface area contributed by atoms with Crippen LogP contribution in [0.4, 0.5) is 5.69 Å². The van der Waals surface area contributed by atoms with Gasteiger partial charge in [0.2, 0.25) is 5.91 Å². The predicted molar refractivity (Wildman–Crippen MR) is 135 cm³/mol. The Hall–Kier alpha value is -2.67. The Morgan fingerprint density at radius 1 is 1.00 bits per heavy atom. The molecule has 34 heavy (non-hydrogen) atoms. The van der Waals surface area contributed by atoms with E-state index in [1.165, 1.54) is 55.9 Å². The number of anilines is 1. The Labute approximate surface area is 205 Å². The highest BCUT2D eigenvalue weighted by Gasteiger charge is 2.51. The summed E-state index contributed by atoms with van der Waals surface area (Å²) in [5.41, 5.74) is 3.72. The van der Waals surface area contributed by atoms with Gasteiger partial charge in [0.05, 0.1) is 5.75 Å². The SMILES string of the molecule is CCn1c(SCC(=O)Nc2ccc(C34CC5CC(CC(C5)C3)C4)cc2)nnc1-c1ccncc1. The van der Waals surface area contributed by atoms with Crippen molar-refractivity contribution in [1.29, 1.82) is 0 Å². The van der Waals surface area contributed by atoms with Crippen LogP contribution in [-0.2, 0) is 16.8 Å². The van der Waals surface area contributed by atoms with Crippen LogP contribution in [0.5, 0.6) is 0 Å². The molecule has 4 bridgehead atoms. The summed E-state index contributed by atoms with van der Waals surface area (Å²) < 4.78 is 2.04. The third-order valence-electron chi connectivity index (χ3n) is 8.12. The van der Waals surface area contributed by atoms with Crippen LogP contribution in [0.25, 0.3) is 11.4 Å². The molecule has 0 spiro atoms. The third kappa shape index (κ3) is 4.04. The van der Waals surface area contributed by atoms with Crippen molar-refractivity contribution in [1.82, 2.24) is 19.7 Å². The van der Waals surface area contributed by atoms with Crippen molar-refractivity contribution in [3.8, 4) is 11.4 Å². The molecule has 4 aliphatic carbocycles. The number of hydrogen-bond donors (Lipinski definition) is 1. The van der Waals surface area contributed by atoms with E-state index in [-0.39, 0.29) is 5.91 Å². The second kappa shape index (κ2) is 8.84. The first-order chi connectivity index (χ1) is 16.6. The number of nitrogens with one attached hydrogen (secondary N) is 1. The number of thioether (sulfide) groups is 1. The quantitative estimate of drug-likeness (QED) is 0.455. The van der Waals surface area contributed by atoms with E-state index in [1.54, 1.807) is 12.4 Å². The number of aromatic nitrogens is 4. The van der Waals surface area contributed by atoms with Crippen molar-refractivity contribution in [3.05, 3.63) is 54.4 Å². The van der Waals surface area contributed by atoms with Crippen molar-refractivity contribution in [2.45, 2.75) is 62.6 Å². The van der Waals surface area contributed by atoms with Crippen molar-refractivity contribution < 1.29 is 4.79 Å².